The molecule has 0 saturated carbocycles. The Morgan fingerprint density at radius 3 is 2.79 bits per heavy atom. The van der Waals surface area contributed by atoms with Gasteiger partial charge >= 0.3 is 11.9 Å². The molecule has 126 valence electrons. The van der Waals surface area contributed by atoms with Crippen LogP contribution in [0, 0.1) is 0 Å². The third kappa shape index (κ3) is 2.67. The third-order valence-corrected chi connectivity index (χ3v) is 5.02. The number of aromatic nitrogens is 2. The Labute approximate surface area is 141 Å². The number of carbonyl (C=O) groups excluding carboxylic acids is 2. The van der Waals surface area contributed by atoms with Crippen LogP contribution in [0.25, 0.3) is 0 Å². The Kier molecular flexibility index (Phi) is 4.10. The number of nitrogens with one attached hydrogen (secondary N) is 1. The van der Waals surface area contributed by atoms with Gasteiger partial charge in [-0.2, -0.15) is 5.10 Å². The van der Waals surface area contributed by atoms with Gasteiger partial charge in [0, 0.05) is 18.1 Å². The van der Waals surface area contributed by atoms with Crippen molar-refractivity contribution in [2.45, 2.75) is 19.3 Å². The van der Waals surface area contributed by atoms with Gasteiger partial charge in [0.25, 0.3) is 5.91 Å². The minimum atomic E-state index is -1.24. The lowest BCUT2D eigenvalue weighted by Gasteiger charge is -2.06. The Morgan fingerprint density at radius 2 is 2.12 bits per heavy atom. The van der Waals surface area contributed by atoms with Gasteiger partial charge < -0.3 is 15.2 Å². The highest BCUT2D eigenvalue weighted by atomic mass is 32.1. The van der Waals surface area contributed by atoms with Crippen LogP contribution in [0.3, 0.4) is 0 Å². The molecule has 2 heterocycles. The summed E-state index contributed by atoms with van der Waals surface area (Å²) in [6.07, 6.45) is 3.83. The van der Waals surface area contributed by atoms with E-state index in [1.54, 1.807) is 0 Å². The summed E-state index contributed by atoms with van der Waals surface area (Å²) in [6.45, 7) is 0. The summed E-state index contributed by atoms with van der Waals surface area (Å²) in [6, 6.07) is 0. The Morgan fingerprint density at radius 1 is 1.38 bits per heavy atom. The molecule has 0 aromatic carbocycles. The van der Waals surface area contributed by atoms with Crippen LogP contribution in [-0.4, -0.2) is 39.8 Å². The minimum absolute atomic E-state index is 0.196. The van der Waals surface area contributed by atoms with Crippen LogP contribution >= 0.6 is 11.3 Å². The molecule has 0 atom stereocenters. The number of rotatable bonds is 4. The van der Waals surface area contributed by atoms with Crippen LogP contribution < -0.4 is 5.32 Å². The molecule has 0 unspecified atom stereocenters. The number of nitrogens with zero attached hydrogens (tertiary/aromatic N) is 2. The summed E-state index contributed by atoms with van der Waals surface area (Å²) >= 11 is 1.32. The van der Waals surface area contributed by atoms with Gasteiger partial charge in [-0.15, -0.1) is 11.3 Å². The summed E-state index contributed by atoms with van der Waals surface area (Å²) in [5.41, 5.74) is 0.867. The van der Waals surface area contributed by atoms with Crippen molar-refractivity contribution in [1.29, 1.82) is 0 Å². The molecule has 8 nitrogen and oxygen atoms in total. The first kappa shape index (κ1) is 16.2. The number of hydrogen-bond acceptors (Lipinski definition) is 6. The number of thiophene rings is 1. The highest BCUT2D eigenvalue weighted by Crippen LogP contribution is 2.39. The highest BCUT2D eigenvalue weighted by Gasteiger charge is 2.29. The maximum absolute atomic E-state index is 12.4. The molecule has 1 amide bonds. The van der Waals surface area contributed by atoms with E-state index in [-0.39, 0.29) is 11.3 Å². The number of carboxylic acids is 1. The molecule has 0 spiro atoms. The quantitative estimate of drug-likeness (QED) is 0.813. The standard InChI is InChI=1S/C15H15N3O5S/c1-18-6-8(14(20)21)11(17-18)12(19)16-13-10(15(22)23-2)7-4-3-5-9(7)24-13/h6H,3-5H2,1-2H3,(H,16,19)(H,20,21). The maximum Gasteiger partial charge on any atom is 0.341 e. The molecular weight excluding hydrogens is 334 g/mol. The number of fused-ring (bicyclic) bond motifs is 1. The molecule has 0 bridgehead atoms. The van der Waals surface area contributed by atoms with Crippen LogP contribution in [0.2, 0.25) is 0 Å². The second-order valence-electron chi connectivity index (χ2n) is 5.38. The van der Waals surface area contributed by atoms with E-state index in [1.807, 2.05) is 0 Å². The van der Waals surface area contributed by atoms with Crippen LogP contribution in [0.5, 0.6) is 0 Å². The van der Waals surface area contributed by atoms with E-state index in [2.05, 4.69) is 10.4 Å². The summed E-state index contributed by atoms with van der Waals surface area (Å²) in [5, 5.41) is 16.1. The Bertz CT molecular complexity index is 852. The fraction of sp³-hybridized carbons (Fsp3) is 0.333. The normalized spacial score (nSPS) is 12.8. The van der Waals surface area contributed by atoms with Crippen molar-refractivity contribution in [2.75, 3.05) is 12.4 Å². The Balaban J connectivity index is 1.96. The first-order valence-corrected chi connectivity index (χ1v) is 8.05. The number of carbonyl (C=O) groups is 3. The van der Waals surface area contributed by atoms with Crippen molar-refractivity contribution in [2.24, 2.45) is 7.05 Å². The maximum atomic E-state index is 12.4. The number of aryl methyl sites for hydroxylation is 2. The minimum Gasteiger partial charge on any atom is -0.478 e. The predicted octanol–water partition coefficient (Wildman–Crippen LogP) is 1.71. The first-order valence-electron chi connectivity index (χ1n) is 7.23. The molecule has 0 radical (unpaired) electrons. The molecule has 1 aliphatic rings. The third-order valence-electron chi connectivity index (χ3n) is 3.81. The monoisotopic (exact) mass is 349 g/mol. The zero-order valence-electron chi connectivity index (χ0n) is 13.1. The second kappa shape index (κ2) is 6.08. The van der Waals surface area contributed by atoms with E-state index >= 15 is 0 Å². The van der Waals surface area contributed by atoms with E-state index in [0.29, 0.717) is 10.6 Å². The van der Waals surface area contributed by atoms with E-state index in [4.69, 9.17) is 9.84 Å². The van der Waals surface area contributed by atoms with Crippen molar-refractivity contribution in [3.63, 3.8) is 0 Å². The van der Waals surface area contributed by atoms with Crippen molar-refractivity contribution >= 4 is 34.2 Å². The molecule has 2 aromatic rings. The van der Waals surface area contributed by atoms with Crippen molar-refractivity contribution in [3.05, 3.63) is 33.5 Å². The SMILES string of the molecule is COC(=O)c1c(NC(=O)c2nn(C)cc2C(=O)O)sc2c1CCC2. The van der Waals surface area contributed by atoms with Gasteiger partial charge in [-0.3, -0.25) is 9.48 Å². The van der Waals surface area contributed by atoms with Crippen LogP contribution in [0.4, 0.5) is 5.00 Å². The van der Waals surface area contributed by atoms with E-state index in [0.717, 1.165) is 29.7 Å². The lowest BCUT2D eigenvalue weighted by Crippen LogP contribution is -2.18. The van der Waals surface area contributed by atoms with Crippen molar-refractivity contribution < 1.29 is 24.2 Å². The van der Waals surface area contributed by atoms with E-state index < -0.39 is 17.8 Å². The number of carboxylic acid groups (broad SMARTS) is 1. The summed E-state index contributed by atoms with van der Waals surface area (Å²) in [7, 11) is 2.82. The van der Waals surface area contributed by atoms with Gasteiger partial charge in [-0.1, -0.05) is 0 Å². The molecular formula is C15H15N3O5S. The molecule has 3 rings (SSSR count). The van der Waals surface area contributed by atoms with Gasteiger partial charge in [0.2, 0.25) is 0 Å². The lowest BCUT2D eigenvalue weighted by atomic mass is 10.1. The Hall–Kier alpha value is -2.68. The average Bonchev–Trinajstić information content (AvgIpc) is 3.20. The van der Waals surface area contributed by atoms with Crippen LogP contribution in [0.15, 0.2) is 6.20 Å². The van der Waals surface area contributed by atoms with Crippen molar-refractivity contribution in [3.8, 4) is 0 Å². The topological polar surface area (TPSA) is 111 Å². The summed E-state index contributed by atoms with van der Waals surface area (Å²) in [4.78, 5) is 36.8. The molecule has 1 aliphatic carbocycles. The number of methoxy groups -OCH3 is 1. The molecule has 9 heteroatoms. The molecule has 24 heavy (non-hydrogen) atoms. The van der Waals surface area contributed by atoms with Gasteiger partial charge in [0.05, 0.1) is 12.7 Å². The van der Waals surface area contributed by atoms with Gasteiger partial charge in [0.1, 0.15) is 10.6 Å². The lowest BCUT2D eigenvalue weighted by molar-refractivity contribution is 0.0600. The molecule has 0 saturated heterocycles. The molecule has 0 aliphatic heterocycles. The number of aromatic carboxylic acids is 1. The van der Waals surface area contributed by atoms with Crippen molar-refractivity contribution in [1.82, 2.24) is 9.78 Å². The molecule has 2 N–H and O–H groups in total. The van der Waals surface area contributed by atoms with Gasteiger partial charge in [0.15, 0.2) is 5.69 Å². The first-order chi connectivity index (χ1) is 11.4. The highest BCUT2D eigenvalue weighted by molar-refractivity contribution is 7.17. The number of ether oxygens (including phenoxy) is 1. The van der Waals surface area contributed by atoms with E-state index in [1.165, 1.54) is 36.4 Å². The number of hydrogen-bond donors (Lipinski definition) is 2. The summed E-state index contributed by atoms with van der Waals surface area (Å²) < 4.78 is 6.07. The molecule has 2 aromatic heterocycles. The number of anilines is 1. The number of amides is 1. The zero-order valence-corrected chi connectivity index (χ0v) is 13.9. The fourth-order valence-corrected chi connectivity index (χ4v) is 4.06. The predicted molar refractivity (Wildman–Crippen MR) is 85.8 cm³/mol. The zero-order chi connectivity index (χ0) is 17.4. The average molecular weight is 349 g/mol. The largest absolute Gasteiger partial charge is 0.478 e. The second-order valence-corrected chi connectivity index (χ2v) is 6.48. The van der Waals surface area contributed by atoms with Crippen LogP contribution in [0.1, 0.15) is 48.1 Å². The van der Waals surface area contributed by atoms with E-state index in [9.17, 15) is 14.4 Å². The fourth-order valence-electron chi connectivity index (χ4n) is 2.79. The van der Waals surface area contributed by atoms with Gasteiger partial charge in [-0.05, 0) is 24.8 Å². The summed E-state index contributed by atoms with van der Waals surface area (Å²) in [5.74, 6) is -2.42. The number of esters is 1. The van der Waals surface area contributed by atoms with Crippen LogP contribution in [-0.2, 0) is 24.6 Å². The smallest absolute Gasteiger partial charge is 0.341 e. The van der Waals surface area contributed by atoms with Gasteiger partial charge in [-0.25, -0.2) is 9.59 Å². The molecule has 0 fully saturated rings.